The van der Waals surface area contributed by atoms with E-state index in [1.54, 1.807) is 0 Å². The first-order valence-electron chi connectivity index (χ1n) is 10.7. The minimum atomic E-state index is -0.161. The van der Waals surface area contributed by atoms with Gasteiger partial charge < -0.3 is 21.3 Å². The van der Waals surface area contributed by atoms with Gasteiger partial charge in [0.25, 0.3) is 0 Å². The number of piperidine rings is 1. The van der Waals surface area contributed by atoms with Crippen molar-refractivity contribution in [1.29, 1.82) is 0 Å². The van der Waals surface area contributed by atoms with Gasteiger partial charge in [-0.1, -0.05) is 30.3 Å². The van der Waals surface area contributed by atoms with Crippen LogP contribution < -0.4 is 16.4 Å². The fourth-order valence-electron chi connectivity index (χ4n) is 3.63. The Morgan fingerprint density at radius 2 is 2.14 bits per heavy atom. The Labute approximate surface area is 170 Å². The maximum Gasteiger partial charge on any atom is 0.221 e. The summed E-state index contributed by atoms with van der Waals surface area (Å²) in [5.74, 6) is 0.740. The largest absolute Gasteiger partial charge is 0.369 e. The molecule has 0 aromatic heterocycles. The van der Waals surface area contributed by atoms with Gasteiger partial charge in [-0.15, -0.1) is 0 Å². The van der Waals surface area contributed by atoms with Gasteiger partial charge in [0.1, 0.15) is 0 Å². The Hall–Kier alpha value is -2.08. The highest BCUT2D eigenvalue weighted by molar-refractivity contribution is 5.80. The zero-order chi connectivity index (χ0) is 20.2. The first kappa shape index (κ1) is 22.2. The molecule has 6 heteroatoms. The Morgan fingerprint density at radius 3 is 2.86 bits per heavy atom. The SMILES string of the molecule is CCNC(=NCCCN1CCCC(C(N)=O)C1)NC(C)CCc1ccccc1. The number of hydrogen-bond donors (Lipinski definition) is 3. The molecule has 28 heavy (non-hydrogen) atoms. The molecule has 0 bridgehead atoms. The number of guanidine groups is 1. The predicted molar refractivity (Wildman–Crippen MR) is 116 cm³/mol. The molecule has 0 spiro atoms. The lowest BCUT2D eigenvalue weighted by molar-refractivity contribution is -0.123. The maximum atomic E-state index is 11.4. The topological polar surface area (TPSA) is 82.8 Å². The number of likely N-dealkylation sites (tertiary alicyclic amines) is 1. The van der Waals surface area contributed by atoms with Gasteiger partial charge in [-0.3, -0.25) is 9.79 Å². The lowest BCUT2D eigenvalue weighted by atomic mass is 9.97. The van der Waals surface area contributed by atoms with Crippen molar-refractivity contribution in [3.8, 4) is 0 Å². The third-order valence-corrected chi connectivity index (χ3v) is 5.25. The number of aryl methyl sites for hydroxylation is 1. The summed E-state index contributed by atoms with van der Waals surface area (Å²) in [6.07, 6.45) is 5.10. The third kappa shape index (κ3) is 8.30. The molecule has 0 radical (unpaired) electrons. The molecule has 2 rings (SSSR count). The van der Waals surface area contributed by atoms with E-state index in [9.17, 15) is 4.79 Å². The first-order chi connectivity index (χ1) is 13.6. The van der Waals surface area contributed by atoms with Crippen LogP contribution in [0.4, 0.5) is 0 Å². The molecule has 1 aromatic carbocycles. The van der Waals surface area contributed by atoms with Crippen molar-refractivity contribution in [3.05, 3.63) is 35.9 Å². The lowest BCUT2D eigenvalue weighted by Crippen LogP contribution is -2.43. The molecule has 1 fully saturated rings. The summed E-state index contributed by atoms with van der Waals surface area (Å²) in [5.41, 5.74) is 6.83. The molecule has 1 aliphatic heterocycles. The van der Waals surface area contributed by atoms with Crippen LogP contribution in [-0.4, -0.2) is 55.5 Å². The van der Waals surface area contributed by atoms with Crippen LogP contribution in [0.15, 0.2) is 35.3 Å². The van der Waals surface area contributed by atoms with Crippen molar-refractivity contribution in [2.75, 3.05) is 32.7 Å². The fourth-order valence-corrected chi connectivity index (χ4v) is 3.63. The third-order valence-electron chi connectivity index (χ3n) is 5.25. The summed E-state index contributed by atoms with van der Waals surface area (Å²) in [6, 6.07) is 10.9. The number of hydrogen-bond acceptors (Lipinski definition) is 3. The van der Waals surface area contributed by atoms with Crippen molar-refractivity contribution < 1.29 is 4.79 Å². The molecule has 2 unspecified atom stereocenters. The van der Waals surface area contributed by atoms with Crippen LogP contribution in [0.1, 0.15) is 45.1 Å². The van der Waals surface area contributed by atoms with Crippen LogP contribution >= 0.6 is 0 Å². The lowest BCUT2D eigenvalue weighted by Gasteiger charge is -2.30. The van der Waals surface area contributed by atoms with Crippen molar-refractivity contribution in [1.82, 2.24) is 15.5 Å². The minimum absolute atomic E-state index is 0.0155. The molecule has 1 saturated heterocycles. The summed E-state index contributed by atoms with van der Waals surface area (Å²) >= 11 is 0. The van der Waals surface area contributed by atoms with Gasteiger partial charge in [-0.2, -0.15) is 0 Å². The van der Waals surface area contributed by atoms with Gasteiger partial charge in [0, 0.05) is 25.7 Å². The Kier molecular flexibility index (Phi) is 9.83. The number of rotatable bonds is 10. The van der Waals surface area contributed by atoms with E-state index in [-0.39, 0.29) is 11.8 Å². The van der Waals surface area contributed by atoms with Crippen LogP contribution in [0.3, 0.4) is 0 Å². The second-order valence-electron chi connectivity index (χ2n) is 7.73. The van der Waals surface area contributed by atoms with Gasteiger partial charge in [-0.25, -0.2) is 0 Å². The van der Waals surface area contributed by atoms with Crippen LogP contribution in [0, 0.1) is 5.92 Å². The number of amides is 1. The van der Waals surface area contributed by atoms with E-state index in [2.05, 4.69) is 59.7 Å². The molecule has 0 saturated carbocycles. The Morgan fingerprint density at radius 1 is 1.36 bits per heavy atom. The normalized spacial score (nSPS) is 19.2. The average Bonchev–Trinajstić information content (AvgIpc) is 2.71. The molecular weight excluding hydrogens is 350 g/mol. The maximum absolute atomic E-state index is 11.4. The molecule has 1 amide bonds. The van der Waals surface area contributed by atoms with E-state index in [0.717, 1.165) is 70.8 Å². The molecule has 4 N–H and O–H groups in total. The number of benzene rings is 1. The van der Waals surface area contributed by atoms with Crippen molar-refractivity contribution in [3.63, 3.8) is 0 Å². The number of primary amides is 1. The smallest absolute Gasteiger partial charge is 0.221 e. The molecule has 156 valence electrons. The number of nitrogens with one attached hydrogen (secondary N) is 2. The highest BCUT2D eigenvalue weighted by atomic mass is 16.1. The van der Waals surface area contributed by atoms with E-state index in [4.69, 9.17) is 10.7 Å². The number of nitrogens with zero attached hydrogens (tertiary/aromatic N) is 2. The second kappa shape index (κ2) is 12.4. The summed E-state index contributed by atoms with van der Waals surface area (Å²) in [5, 5.41) is 6.85. The number of carbonyl (C=O) groups excluding carboxylic acids is 1. The van der Waals surface area contributed by atoms with E-state index < -0.39 is 0 Å². The second-order valence-corrected chi connectivity index (χ2v) is 7.73. The van der Waals surface area contributed by atoms with Crippen molar-refractivity contribution in [2.24, 2.45) is 16.6 Å². The van der Waals surface area contributed by atoms with E-state index in [0.29, 0.717) is 6.04 Å². The molecule has 1 aromatic rings. The summed E-state index contributed by atoms with van der Waals surface area (Å²) in [6.45, 7) is 8.74. The van der Waals surface area contributed by atoms with Gasteiger partial charge >= 0.3 is 0 Å². The van der Waals surface area contributed by atoms with Gasteiger partial charge in [-0.05, 0) is 64.6 Å². The first-order valence-corrected chi connectivity index (χ1v) is 10.7. The minimum Gasteiger partial charge on any atom is -0.369 e. The zero-order valence-corrected chi connectivity index (χ0v) is 17.5. The van der Waals surface area contributed by atoms with E-state index in [1.807, 2.05) is 0 Å². The standard InChI is InChI=1S/C22H37N5O/c1-3-24-22(26-18(2)12-13-19-9-5-4-6-10-19)25-14-8-16-27-15-7-11-20(17-27)21(23)28/h4-6,9-10,18,20H,3,7-8,11-17H2,1-2H3,(H2,23,28)(H2,24,25,26). The number of aliphatic imine (C=N–C) groups is 1. The van der Waals surface area contributed by atoms with E-state index in [1.165, 1.54) is 5.56 Å². The highest BCUT2D eigenvalue weighted by Crippen LogP contribution is 2.16. The van der Waals surface area contributed by atoms with E-state index >= 15 is 0 Å². The van der Waals surface area contributed by atoms with Crippen LogP contribution in [0.5, 0.6) is 0 Å². The van der Waals surface area contributed by atoms with Crippen LogP contribution in [0.2, 0.25) is 0 Å². The molecule has 0 aliphatic carbocycles. The molecule has 1 aliphatic rings. The molecular formula is C22H37N5O. The van der Waals surface area contributed by atoms with Crippen molar-refractivity contribution >= 4 is 11.9 Å². The summed E-state index contributed by atoms with van der Waals surface area (Å²) in [7, 11) is 0. The molecule has 2 atom stereocenters. The Bertz CT molecular complexity index is 604. The van der Waals surface area contributed by atoms with Crippen LogP contribution in [-0.2, 0) is 11.2 Å². The fraction of sp³-hybridized carbons (Fsp3) is 0.636. The van der Waals surface area contributed by atoms with Gasteiger partial charge in [0.15, 0.2) is 5.96 Å². The predicted octanol–water partition coefficient (Wildman–Crippen LogP) is 2.15. The zero-order valence-electron chi connectivity index (χ0n) is 17.5. The van der Waals surface area contributed by atoms with Crippen LogP contribution in [0.25, 0.3) is 0 Å². The van der Waals surface area contributed by atoms with Gasteiger partial charge in [0.2, 0.25) is 5.91 Å². The Balaban J connectivity index is 1.71. The summed E-state index contributed by atoms with van der Waals surface area (Å²) < 4.78 is 0. The quantitative estimate of drug-likeness (QED) is 0.326. The molecule has 6 nitrogen and oxygen atoms in total. The number of nitrogens with two attached hydrogens (primary N) is 1. The average molecular weight is 388 g/mol. The van der Waals surface area contributed by atoms with Gasteiger partial charge in [0.05, 0.1) is 5.92 Å². The monoisotopic (exact) mass is 387 g/mol. The molecule has 1 heterocycles. The van der Waals surface area contributed by atoms with Crippen molar-refractivity contribution in [2.45, 2.75) is 52.0 Å². The summed E-state index contributed by atoms with van der Waals surface area (Å²) in [4.78, 5) is 18.5. The number of carbonyl (C=O) groups is 1. The highest BCUT2D eigenvalue weighted by Gasteiger charge is 2.23.